The second-order valence-electron chi connectivity index (χ2n) is 8.48. The number of ether oxygens (including phenoxy) is 1. The average Bonchev–Trinajstić information content (AvgIpc) is 3.14. The van der Waals surface area contributed by atoms with Gasteiger partial charge in [0.25, 0.3) is 0 Å². The molecule has 1 aromatic carbocycles. The minimum Gasteiger partial charge on any atom is -0.497 e. The standard InChI is InChI=1S/C25H38N2O5S/c1-5-7-14-27(15-8-6-2)16-10-12-22(28)18-33(29,30)19-24-20(3)32-25(26-24)21-11-9-13-23(17-21)31-4/h9,11,13,17H,5-8,10,12,14-16,18-19H2,1-4H3. The molecule has 0 N–H and O–H groups in total. The number of sulfone groups is 1. The molecule has 0 spiro atoms. The molecule has 33 heavy (non-hydrogen) atoms. The van der Waals surface area contributed by atoms with Gasteiger partial charge >= 0.3 is 0 Å². The summed E-state index contributed by atoms with van der Waals surface area (Å²) < 4.78 is 36.2. The lowest BCUT2D eigenvalue weighted by molar-refractivity contribution is -0.116. The minimum absolute atomic E-state index is 0.241. The van der Waals surface area contributed by atoms with Crippen molar-refractivity contribution in [1.82, 2.24) is 9.88 Å². The molecule has 0 saturated heterocycles. The Morgan fingerprint density at radius 2 is 1.76 bits per heavy atom. The number of carbonyl (C=O) groups is 1. The molecular formula is C25H38N2O5S. The SMILES string of the molecule is CCCCN(CCCC)CCCC(=O)CS(=O)(=O)Cc1nc(-c2cccc(OC)c2)oc1C. The highest BCUT2D eigenvalue weighted by molar-refractivity contribution is 7.91. The molecule has 0 atom stereocenters. The molecule has 0 bridgehead atoms. The first-order valence-electron chi connectivity index (χ1n) is 11.8. The summed E-state index contributed by atoms with van der Waals surface area (Å²) in [5.41, 5.74) is 1.04. The van der Waals surface area contributed by atoms with Crippen molar-refractivity contribution in [3.8, 4) is 17.2 Å². The number of rotatable bonds is 16. The molecule has 8 heteroatoms. The summed E-state index contributed by atoms with van der Waals surface area (Å²) in [5.74, 6) is 0.421. The maximum Gasteiger partial charge on any atom is 0.226 e. The number of hydrogen-bond acceptors (Lipinski definition) is 7. The number of aromatic nitrogens is 1. The summed E-state index contributed by atoms with van der Waals surface area (Å²) in [6.07, 6.45) is 5.52. The lowest BCUT2D eigenvalue weighted by atomic mass is 10.2. The van der Waals surface area contributed by atoms with E-state index in [-0.39, 0.29) is 18.0 Å². The monoisotopic (exact) mass is 478 g/mol. The fourth-order valence-electron chi connectivity index (χ4n) is 3.62. The molecule has 0 aliphatic heterocycles. The highest BCUT2D eigenvalue weighted by Gasteiger charge is 2.22. The van der Waals surface area contributed by atoms with Gasteiger partial charge in [0.15, 0.2) is 9.84 Å². The van der Waals surface area contributed by atoms with Crippen LogP contribution in [-0.4, -0.2) is 56.6 Å². The highest BCUT2D eigenvalue weighted by atomic mass is 32.2. The van der Waals surface area contributed by atoms with Crippen LogP contribution in [0.15, 0.2) is 28.7 Å². The van der Waals surface area contributed by atoms with E-state index in [4.69, 9.17) is 9.15 Å². The van der Waals surface area contributed by atoms with E-state index in [1.54, 1.807) is 20.1 Å². The van der Waals surface area contributed by atoms with E-state index in [0.29, 0.717) is 35.1 Å². The van der Waals surface area contributed by atoms with Gasteiger partial charge in [-0.15, -0.1) is 0 Å². The van der Waals surface area contributed by atoms with Gasteiger partial charge in [0.1, 0.15) is 23.0 Å². The van der Waals surface area contributed by atoms with Gasteiger partial charge < -0.3 is 14.1 Å². The molecule has 0 aliphatic rings. The Balaban J connectivity index is 1.91. The van der Waals surface area contributed by atoms with Crippen molar-refractivity contribution in [2.24, 2.45) is 0 Å². The van der Waals surface area contributed by atoms with Crippen molar-refractivity contribution in [3.63, 3.8) is 0 Å². The van der Waals surface area contributed by atoms with Gasteiger partial charge in [-0.2, -0.15) is 0 Å². The van der Waals surface area contributed by atoms with E-state index in [2.05, 4.69) is 23.7 Å². The summed E-state index contributed by atoms with van der Waals surface area (Å²) in [7, 11) is -2.06. The number of carbonyl (C=O) groups excluding carboxylic acids is 1. The van der Waals surface area contributed by atoms with Crippen LogP contribution in [0.25, 0.3) is 11.5 Å². The molecule has 184 valence electrons. The third-order valence-electron chi connectivity index (χ3n) is 5.53. The number of benzene rings is 1. The quantitative estimate of drug-likeness (QED) is 0.341. The molecule has 1 aromatic heterocycles. The summed E-state index contributed by atoms with van der Waals surface area (Å²) >= 11 is 0. The first-order valence-corrected chi connectivity index (χ1v) is 13.6. The molecule has 0 radical (unpaired) electrons. The lowest BCUT2D eigenvalue weighted by Gasteiger charge is -2.21. The Hall–Kier alpha value is -2.19. The fourth-order valence-corrected chi connectivity index (χ4v) is 5.04. The minimum atomic E-state index is -3.63. The third-order valence-corrected chi connectivity index (χ3v) is 7.01. The number of Topliss-reactive ketones (excluding diaryl/α,β-unsaturated/α-hetero) is 1. The van der Waals surface area contributed by atoms with Gasteiger partial charge in [-0.3, -0.25) is 4.79 Å². The number of unbranched alkanes of at least 4 members (excludes halogenated alkanes) is 2. The number of hydrogen-bond donors (Lipinski definition) is 0. The van der Waals surface area contributed by atoms with Crippen molar-refractivity contribution < 1.29 is 22.4 Å². The average molecular weight is 479 g/mol. The van der Waals surface area contributed by atoms with Gasteiger partial charge in [-0.05, 0) is 64.0 Å². The third kappa shape index (κ3) is 9.29. The van der Waals surface area contributed by atoms with Gasteiger partial charge in [0.05, 0.1) is 18.6 Å². The zero-order chi connectivity index (χ0) is 24.3. The Labute approximate surface area is 198 Å². The van der Waals surface area contributed by atoms with Crippen LogP contribution in [0.3, 0.4) is 0 Å². The molecule has 2 aromatic rings. The van der Waals surface area contributed by atoms with Crippen LogP contribution in [0.4, 0.5) is 0 Å². The summed E-state index contributed by atoms with van der Waals surface area (Å²) in [6.45, 7) is 8.92. The Bertz CT molecular complexity index is 976. The predicted octanol–water partition coefficient (Wildman–Crippen LogP) is 4.82. The van der Waals surface area contributed by atoms with Crippen molar-refractivity contribution >= 4 is 15.6 Å². The van der Waals surface area contributed by atoms with E-state index in [9.17, 15) is 13.2 Å². The molecule has 2 rings (SSSR count). The van der Waals surface area contributed by atoms with Crippen molar-refractivity contribution in [2.75, 3.05) is 32.5 Å². The number of nitrogens with zero attached hydrogens (tertiary/aromatic N) is 2. The maximum absolute atomic E-state index is 12.7. The van der Waals surface area contributed by atoms with Crippen LogP contribution in [0.1, 0.15) is 63.8 Å². The van der Waals surface area contributed by atoms with Gasteiger partial charge in [0.2, 0.25) is 5.89 Å². The largest absolute Gasteiger partial charge is 0.497 e. The topological polar surface area (TPSA) is 89.7 Å². The predicted molar refractivity (Wildman–Crippen MR) is 131 cm³/mol. The summed E-state index contributed by atoms with van der Waals surface area (Å²) in [4.78, 5) is 19.1. The molecular weight excluding hydrogens is 440 g/mol. The highest BCUT2D eigenvalue weighted by Crippen LogP contribution is 2.26. The normalized spacial score (nSPS) is 11.8. The van der Waals surface area contributed by atoms with Gasteiger partial charge in [0, 0.05) is 12.0 Å². The Kier molecular flexibility index (Phi) is 11.1. The smallest absolute Gasteiger partial charge is 0.226 e. The first kappa shape index (κ1) is 27.1. The number of oxazole rings is 1. The maximum atomic E-state index is 12.7. The van der Waals surface area contributed by atoms with Crippen LogP contribution in [0.5, 0.6) is 5.75 Å². The number of ketones is 1. The Morgan fingerprint density at radius 3 is 2.39 bits per heavy atom. The van der Waals surface area contributed by atoms with E-state index >= 15 is 0 Å². The number of aryl methyl sites for hydroxylation is 1. The second-order valence-corrected chi connectivity index (χ2v) is 10.5. The van der Waals surface area contributed by atoms with Crippen molar-refractivity contribution in [3.05, 3.63) is 35.7 Å². The van der Waals surface area contributed by atoms with Crippen LogP contribution in [-0.2, 0) is 20.4 Å². The zero-order valence-electron chi connectivity index (χ0n) is 20.4. The molecule has 0 unspecified atom stereocenters. The fraction of sp³-hybridized carbons (Fsp3) is 0.600. The van der Waals surface area contributed by atoms with Crippen LogP contribution >= 0.6 is 0 Å². The lowest BCUT2D eigenvalue weighted by Crippen LogP contribution is -2.28. The van der Waals surface area contributed by atoms with Crippen LogP contribution < -0.4 is 4.74 Å². The first-order chi connectivity index (χ1) is 15.8. The van der Waals surface area contributed by atoms with Crippen LogP contribution in [0.2, 0.25) is 0 Å². The zero-order valence-corrected chi connectivity index (χ0v) is 21.2. The van der Waals surface area contributed by atoms with E-state index in [1.807, 2.05) is 18.2 Å². The van der Waals surface area contributed by atoms with E-state index in [1.165, 1.54) is 0 Å². The van der Waals surface area contributed by atoms with E-state index < -0.39 is 15.6 Å². The molecule has 0 aliphatic carbocycles. The molecule has 0 saturated carbocycles. The van der Waals surface area contributed by atoms with E-state index in [0.717, 1.165) is 45.3 Å². The Morgan fingerprint density at radius 1 is 1.09 bits per heavy atom. The second kappa shape index (κ2) is 13.5. The molecule has 1 heterocycles. The molecule has 0 fully saturated rings. The summed E-state index contributed by atoms with van der Waals surface area (Å²) in [6, 6.07) is 7.22. The van der Waals surface area contributed by atoms with Crippen molar-refractivity contribution in [1.29, 1.82) is 0 Å². The van der Waals surface area contributed by atoms with Crippen molar-refractivity contribution in [2.45, 2.75) is 65.0 Å². The van der Waals surface area contributed by atoms with Gasteiger partial charge in [-0.1, -0.05) is 32.8 Å². The van der Waals surface area contributed by atoms with Crippen LogP contribution in [0, 0.1) is 6.92 Å². The molecule has 7 nitrogen and oxygen atoms in total. The van der Waals surface area contributed by atoms with Gasteiger partial charge in [-0.25, -0.2) is 13.4 Å². The summed E-state index contributed by atoms with van der Waals surface area (Å²) in [5, 5.41) is 0. The molecule has 0 amide bonds. The number of methoxy groups -OCH3 is 1.